The highest BCUT2D eigenvalue weighted by Crippen LogP contribution is 2.44. The third-order valence-electron chi connectivity index (χ3n) is 11.4. The van der Waals surface area contributed by atoms with Crippen molar-refractivity contribution in [3.8, 4) is 33.4 Å². The summed E-state index contributed by atoms with van der Waals surface area (Å²) in [7, 11) is -2.63. The Balaban J connectivity index is 1.15. The molecule has 0 atom stereocenters. The summed E-state index contributed by atoms with van der Waals surface area (Å²) in [6.45, 7) is 0. The molecule has 10 aromatic carbocycles. The van der Waals surface area contributed by atoms with Crippen LogP contribution in [0.5, 0.6) is 0 Å². The lowest BCUT2D eigenvalue weighted by Gasteiger charge is -2.34. The molecule has 0 bridgehead atoms. The van der Waals surface area contributed by atoms with Gasteiger partial charge in [-0.25, -0.2) is 0 Å². The molecule has 0 fully saturated rings. The van der Waals surface area contributed by atoms with Crippen LogP contribution >= 0.6 is 0 Å². The molecule has 10 aromatic rings. The molecule has 0 aromatic heterocycles. The van der Waals surface area contributed by atoms with Crippen molar-refractivity contribution in [2.75, 3.05) is 0 Å². The minimum absolute atomic E-state index is 1.22. The highest BCUT2D eigenvalue weighted by Gasteiger charge is 2.41. The van der Waals surface area contributed by atoms with E-state index in [1.54, 1.807) is 0 Å². The third kappa shape index (κ3) is 5.52. The number of rotatable bonds is 7. The van der Waals surface area contributed by atoms with Crippen molar-refractivity contribution in [2.24, 2.45) is 0 Å². The lowest BCUT2D eigenvalue weighted by molar-refractivity contribution is 1.63. The molecule has 0 saturated heterocycles. The van der Waals surface area contributed by atoms with E-state index in [2.05, 4.69) is 231 Å². The Labute approximate surface area is 323 Å². The van der Waals surface area contributed by atoms with Crippen molar-refractivity contribution < 1.29 is 0 Å². The van der Waals surface area contributed by atoms with E-state index in [9.17, 15) is 0 Å². The summed E-state index contributed by atoms with van der Waals surface area (Å²) in [4.78, 5) is 0. The first-order chi connectivity index (χ1) is 27.3. The van der Waals surface area contributed by atoms with E-state index < -0.39 is 8.07 Å². The van der Waals surface area contributed by atoms with Gasteiger partial charge in [-0.05, 0) is 86.4 Å². The minimum Gasteiger partial charge on any atom is -0.0623 e. The normalized spacial score (nSPS) is 11.6. The molecule has 0 aliphatic rings. The van der Waals surface area contributed by atoms with Gasteiger partial charge in [0.25, 0.3) is 0 Å². The topological polar surface area (TPSA) is 0 Å². The fourth-order valence-electron chi connectivity index (χ4n) is 9.00. The van der Waals surface area contributed by atoms with Gasteiger partial charge < -0.3 is 0 Å². The highest BCUT2D eigenvalue weighted by molar-refractivity contribution is 7.19. The SMILES string of the molecule is c1ccc([Si](c2ccccc2)(c2ccccc2)c2ccc(-c3c4ccccc4c(-c4ccc(-c5cccc6ccccc56)cc4)c4ccccc34)cc2)cc1. The Morgan fingerprint density at radius 2 is 0.545 bits per heavy atom. The molecule has 0 aliphatic carbocycles. The zero-order valence-corrected chi connectivity index (χ0v) is 31.4. The van der Waals surface area contributed by atoms with Crippen LogP contribution in [-0.4, -0.2) is 8.07 Å². The monoisotopic (exact) mass is 714 g/mol. The second kappa shape index (κ2) is 13.9. The van der Waals surface area contributed by atoms with E-state index in [0.29, 0.717) is 0 Å². The maximum atomic E-state index is 2.41. The fraction of sp³-hybridized carbons (Fsp3) is 0. The van der Waals surface area contributed by atoms with E-state index in [-0.39, 0.29) is 0 Å². The second-order valence-corrected chi connectivity index (χ2v) is 18.2. The van der Waals surface area contributed by atoms with Gasteiger partial charge in [0.05, 0.1) is 0 Å². The molecule has 0 spiro atoms. The zero-order valence-electron chi connectivity index (χ0n) is 30.4. The van der Waals surface area contributed by atoms with Crippen LogP contribution in [0.2, 0.25) is 0 Å². The lowest BCUT2D eigenvalue weighted by Crippen LogP contribution is -2.74. The van der Waals surface area contributed by atoms with Gasteiger partial charge in [0.2, 0.25) is 0 Å². The van der Waals surface area contributed by atoms with Crippen LogP contribution in [0, 0.1) is 0 Å². The molecule has 0 radical (unpaired) electrons. The number of fused-ring (bicyclic) bond motifs is 3. The first kappa shape index (κ1) is 32.8. The molecule has 0 nitrogen and oxygen atoms in total. The largest absolute Gasteiger partial charge is 0.179 e. The van der Waals surface area contributed by atoms with Gasteiger partial charge in [0.1, 0.15) is 0 Å². The van der Waals surface area contributed by atoms with Gasteiger partial charge in [0.15, 0.2) is 8.07 Å². The Morgan fingerprint density at radius 1 is 0.218 bits per heavy atom. The molecule has 10 rings (SSSR count). The van der Waals surface area contributed by atoms with Gasteiger partial charge in [0, 0.05) is 0 Å². The number of hydrogen-bond acceptors (Lipinski definition) is 0. The van der Waals surface area contributed by atoms with E-state index in [1.807, 2.05) is 0 Å². The van der Waals surface area contributed by atoms with Crippen LogP contribution in [-0.2, 0) is 0 Å². The van der Waals surface area contributed by atoms with Crippen molar-refractivity contribution in [2.45, 2.75) is 0 Å². The Morgan fingerprint density at radius 3 is 1.00 bits per heavy atom. The summed E-state index contributed by atoms with van der Waals surface area (Å²) in [6.07, 6.45) is 0. The molecule has 0 aliphatic heterocycles. The van der Waals surface area contributed by atoms with Gasteiger partial charge >= 0.3 is 0 Å². The van der Waals surface area contributed by atoms with Gasteiger partial charge in [-0.15, -0.1) is 0 Å². The van der Waals surface area contributed by atoms with Gasteiger partial charge in [-0.3, -0.25) is 0 Å². The summed E-state index contributed by atoms with van der Waals surface area (Å²) in [5.74, 6) is 0. The predicted molar refractivity (Wildman–Crippen MR) is 239 cm³/mol. The summed E-state index contributed by atoms with van der Waals surface area (Å²) >= 11 is 0. The van der Waals surface area contributed by atoms with Crippen molar-refractivity contribution in [1.29, 1.82) is 0 Å². The van der Waals surface area contributed by atoms with E-state index >= 15 is 0 Å². The molecule has 258 valence electrons. The molecule has 1 heteroatoms. The first-order valence-electron chi connectivity index (χ1n) is 19.1. The van der Waals surface area contributed by atoms with E-state index in [0.717, 1.165) is 0 Å². The minimum atomic E-state index is -2.63. The Bertz CT molecular complexity index is 2770. The van der Waals surface area contributed by atoms with Crippen LogP contribution in [0.3, 0.4) is 0 Å². The molecule has 0 saturated carbocycles. The zero-order chi connectivity index (χ0) is 36.6. The number of hydrogen-bond donors (Lipinski definition) is 0. The summed E-state index contributed by atoms with van der Waals surface area (Å²) in [6, 6.07) is 85.4. The predicted octanol–water partition coefficient (Wildman–Crippen LogP) is 11.5. The molecular formula is C54H38Si. The average Bonchev–Trinajstić information content (AvgIpc) is 3.27. The Hall–Kier alpha value is -6.80. The molecule has 0 N–H and O–H groups in total. The van der Waals surface area contributed by atoms with Crippen LogP contribution in [0.4, 0.5) is 0 Å². The van der Waals surface area contributed by atoms with E-state index in [4.69, 9.17) is 0 Å². The lowest BCUT2D eigenvalue weighted by atomic mass is 9.85. The first-order valence-corrected chi connectivity index (χ1v) is 21.1. The van der Waals surface area contributed by atoms with Crippen molar-refractivity contribution in [3.63, 3.8) is 0 Å². The van der Waals surface area contributed by atoms with Crippen LogP contribution in [0.1, 0.15) is 0 Å². The van der Waals surface area contributed by atoms with Crippen LogP contribution in [0.15, 0.2) is 231 Å². The maximum absolute atomic E-state index is 2.63. The third-order valence-corrected chi connectivity index (χ3v) is 16.2. The standard InChI is InChI=1S/C54H38Si/c1-4-19-43(20-5-1)55(44-21-6-2-7-22-44,45-23-8-3-9-24-45)46-37-35-42(36-38-46)54-51-28-14-12-26-49(51)53(50-27-13-15-29-52(50)54)41-33-31-40(32-34-41)48-30-16-18-39-17-10-11-25-47(39)48/h1-38H. The summed E-state index contributed by atoms with van der Waals surface area (Å²) < 4.78 is 0. The maximum Gasteiger partial charge on any atom is 0.179 e. The molecule has 55 heavy (non-hydrogen) atoms. The van der Waals surface area contributed by atoms with Crippen molar-refractivity contribution in [1.82, 2.24) is 0 Å². The second-order valence-electron chi connectivity index (χ2n) is 14.4. The molecule has 0 heterocycles. The Kier molecular flexibility index (Phi) is 8.28. The van der Waals surface area contributed by atoms with Crippen LogP contribution < -0.4 is 20.7 Å². The summed E-state index contributed by atoms with van der Waals surface area (Å²) in [5, 5.41) is 13.1. The average molecular weight is 715 g/mol. The quantitative estimate of drug-likeness (QED) is 0.0876. The number of benzene rings is 10. The highest BCUT2D eigenvalue weighted by atomic mass is 28.3. The van der Waals surface area contributed by atoms with Gasteiger partial charge in [-0.1, -0.05) is 231 Å². The van der Waals surface area contributed by atoms with Gasteiger partial charge in [-0.2, -0.15) is 0 Å². The molecular weight excluding hydrogens is 677 g/mol. The summed E-state index contributed by atoms with van der Waals surface area (Å²) in [5.41, 5.74) is 7.50. The smallest absolute Gasteiger partial charge is 0.0623 e. The molecule has 0 unspecified atom stereocenters. The van der Waals surface area contributed by atoms with E-state index in [1.165, 1.54) is 86.4 Å². The van der Waals surface area contributed by atoms with Crippen molar-refractivity contribution in [3.05, 3.63) is 231 Å². The molecule has 0 amide bonds. The van der Waals surface area contributed by atoms with Crippen molar-refractivity contribution >= 4 is 61.1 Å². The van der Waals surface area contributed by atoms with Crippen LogP contribution in [0.25, 0.3) is 65.7 Å². The fourth-order valence-corrected chi connectivity index (χ4v) is 13.7.